The molecule has 3 aromatic rings. The lowest BCUT2D eigenvalue weighted by Gasteiger charge is -2.05. The average Bonchev–Trinajstić information content (AvgIpc) is 3.20. The van der Waals surface area contributed by atoms with Crippen LogP contribution >= 0.6 is 23.1 Å². The third-order valence-electron chi connectivity index (χ3n) is 3.56. The summed E-state index contributed by atoms with van der Waals surface area (Å²) >= 11 is 2.80. The van der Waals surface area contributed by atoms with Gasteiger partial charge in [-0.05, 0) is 23.9 Å². The second kappa shape index (κ2) is 6.18. The summed E-state index contributed by atoms with van der Waals surface area (Å²) in [5.41, 5.74) is 1.81. The van der Waals surface area contributed by atoms with Gasteiger partial charge in [0, 0.05) is 35.8 Å². The van der Waals surface area contributed by atoms with Crippen molar-refractivity contribution in [3.05, 3.63) is 58.6 Å². The van der Waals surface area contributed by atoms with Gasteiger partial charge in [0.05, 0.1) is 10.4 Å². The first kappa shape index (κ1) is 15.0. The molecule has 118 valence electrons. The molecule has 1 saturated heterocycles. The molecule has 24 heavy (non-hydrogen) atoms. The fourth-order valence-electron chi connectivity index (χ4n) is 2.39. The molecular formula is C17H12N4OS2. The first-order valence-corrected chi connectivity index (χ1v) is 8.91. The fraction of sp³-hybridized carbons (Fsp3) is 0.0588. The van der Waals surface area contributed by atoms with Gasteiger partial charge in [0.15, 0.2) is 5.17 Å². The molecule has 1 aliphatic heterocycles. The van der Waals surface area contributed by atoms with E-state index < -0.39 is 0 Å². The maximum Gasteiger partial charge on any atom is 0.266 e. The van der Waals surface area contributed by atoms with E-state index in [4.69, 9.17) is 0 Å². The number of carbonyl (C=O) groups excluding carboxylic acids is 1. The SMILES string of the molecule is CN1C(=O)/C(=C/c2cccc3cccnc23)SC1=Nc1nccs1. The number of amides is 1. The summed E-state index contributed by atoms with van der Waals surface area (Å²) in [6.45, 7) is 0. The Bertz CT molecular complexity index is 974. The number of thiazole rings is 1. The summed E-state index contributed by atoms with van der Waals surface area (Å²) in [4.78, 5) is 27.7. The number of carbonyl (C=O) groups is 1. The van der Waals surface area contributed by atoms with Crippen molar-refractivity contribution in [1.29, 1.82) is 0 Å². The van der Waals surface area contributed by atoms with Gasteiger partial charge in [-0.25, -0.2) is 4.98 Å². The van der Waals surface area contributed by atoms with Gasteiger partial charge < -0.3 is 0 Å². The normalized spacial score (nSPS) is 18.2. The van der Waals surface area contributed by atoms with Crippen LogP contribution in [0.3, 0.4) is 0 Å². The number of benzene rings is 1. The van der Waals surface area contributed by atoms with Crippen molar-refractivity contribution in [3.8, 4) is 0 Å². The van der Waals surface area contributed by atoms with Crippen LogP contribution in [0.25, 0.3) is 17.0 Å². The maximum atomic E-state index is 12.5. The summed E-state index contributed by atoms with van der Waals surface area (Å²) in [6, 6.07) is 9.85. The third-order valence-corrected chi connectivity index (χ3v) is 5.29. The molecule has 0 aliphatic carbocycles. The van der Waals surface area contributed by atoms with E-state index in [1.807, 2.05) is 41.8 Å². The summed E-state index contributed by atoms with van der Waals surface area (Å²) in [7, 11) is 1.73. The Hall–Kier alpha value is -2.51. The van der Waals surface area contributed by atoms with Crippen LogP contribution in [0.2, 0.25) is 0 Å². The molecule has 5 nitrogen and oxygen atoms in total. The lowest BCUT2D eigenvalue weighted by molar-refractivity contribution is -0.121. The van der Waals surface area contributed by atoms with Crippen LogP contribution in [0.15, 0.2) is 58.0 Å². The van der Waals surface area contributed by atoms with Gasteiger partial charge in [-0.3, -0.25) is 14.7 Å². The van der Waals surface area contributed by atoms with E-state index in [0.717, 1.165) is 16.5 Å². The first-order valence-electron chi connectivity index (χ1n) is 7.22. The van der Waals surface area contributed by atoms with Crippen molar-refractivity contribution in [3.63, 3.8) is 0 Å². The maximum absolute atomic E-state index is 12.5. The van der Waals surface area contributed by atoms with Crippen LogP contribution in [0.4, 0.5) is 5.13 Å². The number of aromatic nitrogens is 2. The van der Waals surface area contributed by atoms with Crippen LogP contribution in [0.1, 0.15) is 5.56 Å². The van der Waals surface area contributed by atoms with Crippen molar-refractivity contribution in [1.82, 2.24) is 14.9 Å². The van der Waals surface area contributed by atoms with E-state index >= 15 is 0 Å². The monoisotopic (exact) mass is 352 g/mol. The number of aliphatic imine (C=N–C) groups is 1. The molecule has 0 radical (unpaired) electrons. The molecule has 2 aromatic heterocycles. The molecule has 1 fully saturated rings. The smallest absolute Gasteiger partial charge is 0.266 e. The lowest BCUT2D eigenvalue weighted by Crippen LogP contribution is -2.23. The number of amidine groups is 1. The highest BCUT2D eigenvalue weighted by Crippen LogP contribution is 2.34. The third kappa shape index (κ3) is 2.72. The molecule has 0 saturated carbocycles. The number of hydrogen-bond donors (Lipinski definition) is 0. The van der Waals surface area contributed by atoms with E-state index in [1.54, 1.807) is 24.3 Å². The molecular weight excluding hydrogens is 340 g/mol. The topological polar surface area (TPSA) is 58.5 Å². The van der Waals surface area contributed by atoms with Crippen molar-refractivity contribution in [2.45, 2.75) is 0 Å². The number of hydrogen-bond acceptors (Lipinski definition) is 6. The van der Waals surface area contributed by atoms with Crippen LogP contribution in [-0.4, -0.2) is 33.0 Å². The molecule has 7 heteroatoms. The number of nitrogens with zero attached hydrogens (tertiary/aromatic N) is 4. The summed E-state index contributed by atoms with van der Waals surface area (Å²) in [5.74, 6) is -0.0664. The van der Waals surface area contributed by atoms with Crippen molar-refractivity contribution >= 4 is 56.3 Å². The van der Waals surface area contributed by atoms with E-state index in [0.29, 0.717) is 15.2 Å². The molecule has 0 atom stereocenters. The molecule has 1 aliphatic rings. The highest BCUT2D eigenvalue weighted by Gasteiger charge is 2.30. The van der Waals surface area contributed by atoms with Gasteiger partial charge in [-0.1, -0.05) is 24.3 Å². The van der Waals surface area contributed by atoms with E-state index in [-0.39, 0.29) is 5.91 Å². The largest absolute Gasteiger partial charge is 0.289 e. The van der Waals surface area contributed by atoms with E-state index in [2.05, 4.69) is 15.0 Å². The van der Waals surface area contributed by atoms with Crippen LogP contribution in [0.5, 0.6) is 0 Å². The summed E-state index contributed by atoms with van der Waals surface area (Å²) in [5, 5.41) is 4.19. The van der Waals surface area contributed by atoms with Gasteiger partial charge in [-0.2, -0.15) is 4.99 Å². The van der Waals surface area contributed by atoms with E-state index in [1.165, 1.54) is 23.1 Å². The van der Waals surface area contributed by atoms with Gasteiger partial charge in [-0.15, -0.1) is 11.3 Å². The Balaban J connectivity index is 1.74. The number of para-hydroxylation sites is 1. The van der Waals surface area contributed by atoms with Gasteiger partial charge in [0.1, 0.15) is 0 Å². The second-order valence-corrected chi connectivity index (χ2v) is 6.99. The van der Waals surface area contributed by atoms with Gasteiger partial charge in [0.2, 0.25) is 5.13 Å². The number of rotatable bonds is 2. The zero-order chi connectivity index (χ0) is 16.5. The fourth-order valence-corrected chi connectivity index (χ4v) is 3.91. The minimum Gasteiger partial charge on any atom is -0.289 e. The van der Waals surface area contributed by atoms with Crippen LogP contribution in [0, 0.1) is 0 Å². The number of thioether (sulfide) groups is 1. The molecule has 0 N–H and O–H groups in total. The molecule has 0 bridgehead atoms. The Labute approximate surface area is 146 Å². The Morgan fingerprint density at radius 3 is 2.88 bits per heavy atom. The molecule has 0 spiro atoms. The number of likely N-dealkylation sites (N-methyl/N-ethyl adjacent to an activating group) is 1. The highest BCUT2D eigenvalue weighted by atomic mass is 32.2. The molecule has 4 rings (SSSR count). The lowest BCUT2D eigenvalue weighted by atomic mass is 10.1. The van der Waals surface area contributed by atoms with Crippen LogP contribution in [-0.2, 0) is 4.79 Å². The minimum absolute atomic E-state index is 0.0664. The quantitative estimate of drug-likeness (QED) is 0.656. The standard InChI is InChI=1S/C17H12N4OS2/c1-21-15(22)13(24-17(21)20-16-19-8-9-23-16)10-12-5-2-4-11-6-3-7-18-14(11)12/h2-10H,1H3/b13-10-,20-17?. The Kier molecular flexibility index (Phi) is 3.87. The van der Waals surface area contributed by atoms with Crippen molar-refractivity contribution < 1.29 is 4.79 Å². The van der Waals surface area contributed by atoms with Crippen molar-refractivity contribution in [2.24, 2.45) is 4.99 Å². The summed E-state index contributed by atoms with van der Waals surface area (Å²) in [6.07, 6.45) is 5.34. The zero-order valence-electron chi connectivity index (χ0n) is 12.7. The van der Waals surface area contributed by atoms with Gasteiger partial charge in [0.25, 0.3) is 5.91 Å². The summed E-state index contributed by atoms with van der Waals surface area (Å²) < 4.78 is 0. The van der Waals surface area contributed by atoms with Gasteiger partial charge >= 0.3 is 0 Å². The molecule has 0 unspecified atom stereocenters. The predicted molar refractivity (Wildman–Crippen MR) is 99.3 cm³/mol. The average molecular weight is 352 g/mol. The van der Waals surface area contributed by atoms with Crippen molar-refractivity contribution in [2.75, 3.05) is 7.05 Å². The Morgan fingerprint density at radius 1 is 1.17 bits per heavy atom. The zero-order valence-corrected chi connectivity index (χ0v) is 14.3. The molecule has 1 aromatic carbocycles. The number of pyridine rings is 1. The van der Waals surface area contributed by atoms with E-state index in [9.17, 15) is 4.79 Å². The number of fused-ring (bicyclic) bond motifs is 1. The van der Waals surface area contributed by atoms with Crippen LogP contribution < -0.4 is 0 Å². The molecule has 3 heterocycles. The predicted octanol–water partition coefficient (Wildman–Crippen LogP) is 3.93. The minimum atomic E-state index is -0.0664. The second-order valence-electron chi connectivity index (χ2n) is 5.11. The highest BCUT2D eigenvalue weighted by molar-refractivity contribution is 8.18. The first-order chi connectivity index (χ1) is 11.7. The Morgan fingerprint density at radius 2 is 2.04 bits per heavy atom. The molecule has 1 amide bonds.